The Bertz CT molecular complexity index is 525. The molecule has 0 radical (unpaired) electrons. The molecular weight excluding hydrogens is 214 g/mol. The molecule has 0 fully saturated rings. The summed E-state index contributed by atoms with van der Waals surface area (Å²) in [5.41, 5.74) is 7.92. The Morgan fingerprint density at radius 2 is 2.12 bits per heavy atom. The van der Waals surface area contributed by atoms with Gasteiger partial charge in [-0.1, -0.05) is 12.1 Å². The summed E-state index contributed by atoms with van der Waals surface area (Å²) in [5.74, 6) is 0.822. The van der Waals surface area contributed by atoms with Crippen molar-refractivity contribution in [1.82, 2.24) is 4.98 Å². The van der Waals surface area contributed by atoms with Gasteiger partial charge < -0.3 is 16.2 Å². The highest BCUT2D eigenvalue weighted by Gasteiger charge is 2.05. The number of rotatable bonds is 4. The highest BCUT2D eigenvalue weighted by molar-refractivity contribution is 6.00. The summed E-state index contributed by atoms with van der Waals surface area (Å²) in [7, 11) is 0. The molecule has 4 N–H and O–H groups in total. The van der Waals surface area contributed by atoms with Crippen LogP contribution in [-0.2, 0) is 0 Å². The maximum absolute atomic E-state index is 8.76. The average molecular weight is 231 g/mol. The van der Waals surface area contributed by atoms with Crippen LogP contribution in [0.2, 0.25) is 0 Å². The number of pyridine rings is 1. The molecule has 0 aliphatic carbocycles. The summed E-state index contributed by atoms with van der Waals surface area (Å²) in [6.45, 7) is 2.88. The minimum Gasteiger partial charge on any atom is -0.398 e. The van der Waals surface area contributed by atoms with E-state index in [-0.39, 0.29) is 6.61 Å². The van der Waals surface area contributed by atoms with Gasteiger partial charge in [-0.2, -0.15) is 0 Å². The van der Waals surface area contributed by atoms with Crippen LogP contribution in [-0.4, -0.2) is 23.2 Å². The number of aryl methyl sites for hydroxylation is 1. The summed E-state index contributed by atoms with van der Waals surface area (Å²) in [6.07, 6.45) is 2.46. The topological polar surface area (TPSA) is 71.2 Å². The van der Waals surface area contributed by atoms with Crippen LogP contribution in [0.3, 0.4) is 0 Å². The molecule has 1 heterocycles. The quantitative estimate of drug-likeness (QED) is 0.555. The zero-order valence-corrected chi connectivity index (χ0v) is 9.90. The van der Waals surface area contributed by atoms with Crippen LogP contribution in [0.4, 0.5) is 11.5 Å². The van der Waals surface area contributed by atoms with E-state index in [0.29, 0.717) is 13.0 Å². The molecule has 90 valence electrons. The van der Waals surface area contributed by atoms with Crippen LogP contribution in [0.15, 0.2) is 24.4 Å². The van der Waals surface area contributed by atoms with E-state index >= 15 is 0 Å². The van der Waals surface area contributed by atoms with Crippen LogP contribution in [0.1, 0.15) is 12.0 Å². The lowest BCUT2D eigenvalue weighted by Crippen LogP contribution is -2.05. The minimum atomic E-state index is 0.180. The molecule has 4 nitrogen and oxygen atoms in total. The Morgan fingerprint density at radius 1 is 1.29 bits per heavy atom. The number of anilines is 2. The number of nitrogens with one attached hydrogen (secondary N) is 1. The Kier molecular flexibility index (Phi) is 3.44. The van der Waals surface area contributed by atoms with E-state index in [1.165, 1.54) is 0 Å². The molecule has 4 heteroatoms. The molecule has 17 heavy (non-hydrogen) atoms. The normalized spacial score (nSPS) is 10.7. The number of fused-ring (bicyclic) bond motifs is 1. The number of aliphatic hydroxyl groups is 1. The molecule has 0 saturated heterocycles. The number of hydrogen-bond acceptors (Lipinski definition) is 4. The fourth-order valence-electron chi connectivity index (χ4n) is 1.81. The average Bonchev–Trinajstić information content (AvgIpc) is 2.35. The third-order valence-corrected chi connectivity index (χ3v) is 2.83. The second kappa shape index (κ2) is 5.01. The number of aliphatic hydroxyl groups excluding tert-OH is 1. The van der Waals surface area contributed by atoms with Crippen molar-refractivity contribution in [2.45, 2.75) is 13.3 Å². The lowest BCUT2D eigenvalue weighted by Gasteiger charge is -2.10. The summed E-state index contributed by atoms with van der Waals surface area (Å²) < 4.78 is 0. The molecule has 0 atom stereocenters. The maximum Gasteiger partial charge on any atom is 0.133 e. The van der Waals surface area contributed by atoms with Gasteiger partial charge in [-0.05, 0) is 25.0 Å². The van der Waals surface area contributed by atoms with Gasteiger partial charge in [0.15, 0.2) is 0 Å². The van der Waals surface area contributed by atoms with Crippen LogP contribution < -0.4 is 11.1 Å². The zero-order chi connectivity index (χ0) is 12.3. The van der Waals surface area contributed by atoms with Crippen molar-refractivity contribution in [2.75, 3.05) is 24.2 Å². The van der Waals surface area contributed by atoms with Gasteiger partial charge in [-0.15, -0.1) is 0 Å². The van der Waals surface area contributed by atoms with E-state index in [1.807, 2.05) is 25.1 Å². The van der Waals surface area contributed by atoms with Gasteiger partial charge in [-0.25, -0.2) is 4.98 Å². The molecule has 2 aromatic rings. The van der Waals surface area contributed by atoms with Crippen LogP contribution in [0, 0.1) is 6.92 Å². The van der Waals surface area contributed by atoms with E-state index in [0.717, 1.165) is 27.8 Å². The third-order valence-electron chi connectivity index (χ3n) is 2.83. The number of nitrogens with two attached hydrogens (primary N) is 1. The first-order valence-corrected chi connectivity index (χ1v) is 5.72. The second-order valence-electron chi connectivity index (χ2n) is 4.05. The van der Waals surface area contributed by atoms with Crippen LogP contribution >= 0.6 is 0 Å². The Hall–Kier alpha value is -1.81. The highest BCUT2D eigenvalue weighted by Crippen LogP contribution is 2.28. The third kappa shape index (κ3) is 2.31. The van der Waals surface area contributed by atoms with Gasteiger partial charge in [-0.3, -0.25) is 0 Å². The van der Waals surface area contributed by atoms with Crippen molar-refractivity contribution in [2.24, 2.45) is 0 Å². The number of aromatic nitrogens is 1. The monoisotopic (exact) mass is 231 g/mol. The lowest BCUT2D eigenvalue weighted by atomic mass is 10.1. The van der Waals surface area contributed by atoms with Gasteiger partial charge >= 0.3 is 0 Å². The fourth-order valence-corrected chi connectivity index (χ4v) is 1.81. The molecule has 0 amide bonds. The fraction of sp³-hybridized carbons (Fsp3) is 0.308. The summed E-state index contributed by atoms with van der Waals surface area (Å²) in [5, 5.41) is 14.0. The zero-order valence-electron chi connectivity index (χ0n) is 9.90. The number of nitrogen functional groups attached to an aromatic ring is 1. The van der Waals surface area contributed by atoms with Gasteiger partial charge in [0, 0.05) is 35.8 Å². The van der Waals surface area contributed by atoms with Crippen molar-refractivity contribution >= 4 is 22.3 Å². The molecule has 0 aliphatic heterocycles. The summed E-state index contributed by atoms with van der Waals surface area (Å²) in [4.78, 5) is 4.30. The first kappa shape index (κ1) is 11.7. The van der Waals surface area contributed by atoms with E-state index in [2.05, 4.69) is 10.3 Å². The Morgan fingerprint density at radius 3 is 2.88 bits per heavy atom. The molecule has 1 aromatic heterocycles. The van der Waals surface area contributed by atoms with Crippen molar-refractivity contribution in [1.29, 1.82) is 0 Å². The molecule has 2 rings (SSSR count). The number of hydrogen-bond donors (Lipinski definition) is 3. The van der Waals surface area contributed by atoms with Crippen LogP contribution in [0.5, 0.6) is 0 Å². The van der Waals surface area contributed by atoms with Crippen LogP contribution in [0.25, 0.3) is 10.8 Å². The SMILES string of the molecule is Cc1ccc2c(NCCCO)nccc2c1N. The van der Waals surface area contributed by atoms with Gasteiger partial charge in [0.05, 0.1) is 0 Å². The number of benzene rings is 1. The molecule has 0 aliphatic rings. The highest BCUT2D eigenvalue weighted by atomic mass is 16.3. The van der Waals surface area contributed by atoms with Crippen molar-refractivity contribution in [3.05, 3.63) is 30.0 Å². The molecule has 1 aromatic carbocycles. The molecule has 0 spiro atoms. The molecule has 0 bridgehead atoms. The predicted molar refractivity (Wildman–Crippen MR) is 71.1 cm³/mol. The molecular formula is C13H17N3O. The van der Waals surface area contributed by atoms with Crippen molar-refractivity contribution < 1.29 is 5.11 Å². The van der Waals surface area contributed by atoms with Crippen molar-refractivity contribution in [3.63, 3.8) is 0 Å². The van der Waals surface area contributed by atoms with E-state index in [4.69, 9.17) is 10.8 Å². The smallest absolute Gasteiger partial charge is 0.133 e. The second-order valence-corrected chi connectivity index (χ2v) is 4.05. The Balaban J connectivity index is 2.40. The van der Waals surface area contributed by atoms with Gasteiger partial charge in [0.2, 0.25) is 0 Å². The van der Waals surface area contributed by atoms with E-state index < -0.39 is 0 Å². The summed E-state index contributed by atoms with van der Waals surface area (Å²) in [6, 6.07) is 5.95. The van der Waals surface area contributed by atoms with Gasteiger partial charge in [0.1, 0.15) is 5.82 Å². The van der Waals surface area contributed by atoms with E-state index in [1.54, 1.807) is 6.20 Å². The predicted octanol–water partition coefficient (Wildman–Crippen LogP) is 1.92. The summed E-state index contributed by atoms with van der Waals surface area (Å²) >= 11 is 0. The van der Waals surface area contributed by atoms with E-state index in [9.17, 15) is 0 Å². The lowest BCUT2D eigenvalue weighted by molar-refractivity contribution is 0.292. The van der Waals surface area contributed by atoms with Gasteiger partial charge in [0.25, 0.3) is 0 Å². The minimum absolute atomic E-state index is 0.180. The Labute approximate surface area is 100 Å². The maximum atomic E-state index is 8.76. The molecule has 0 saturated carbocycles. The standard InChI is InChI=1S/C13H17N3O/c1-9-3-4-11-10(12(9)14)5-7-16-13(11)15-6-2-8-17/h3-5,7,17H,2,6,8,14H2,1H3,(H,15,16). The largest absolute Gasteiger partial charge is 0.398 e. The number of nitrogens with zero attached hydrogens (tertiary/aromatic N) is 1. The molecule has 0 unspecified atom stereocenters. The van der Waals surface area contributed by atoms with Crippen molar-refractivity contribution in [3.8, 4) is 0 Å². The first-order chi connectivity index (χ1) is 8.24. The first-order valence-electron chi connectivity index (χ1n) is 5.72.